The minimum Gasteiger partial charge on any atom is -0.481 e. The number of rotatable bonds is 7. The zero-order chi connectivity index (χ0) is 15.3. The van der Waals surface area contributed by atoms with Crippen LogP contribution in [0.4, 0.5) is 0 Å². The molecule has 0 heterocycles. The van der Waals surface area contributed by atoms with Crippen LogP contribution in [0.5, 0.6) is 0 Å². The Morgan fingerprint density at radius 1 is 1.20 bits per heavy atom. The fourth-order valence-electron chi connectivity index (χ4n) is 2.64. The van der Waals surface area contributed by atoms with Gasteiger partial charge in [0.15, 0.2) is 9.84 Å². The molecular weight excluding hydrogens is 282 g/mol. The highest BCUT2D eigenvalue weighted by molar-refractivity contribution is 7.91. The molecule has 1 amide bonds. The summed E-state index contributed by atoms with van der Waals surface area (Å²) in [4.78, 5) is 23.2. The molecule has 116 valence electrons. The molecule has 1 aliphatic rings. The van der Waals surface area contributed by atoms with Crippen LogP contribution in [0.2, 0.25) is 0 Å². The van der Waals surface area contributed by atoms with E-state index >= 15 is 0 Å². The van der Waals surface area contributed by atoms with E-state index in [9.17, 15) is 18.0 Å². The van der Waals surface area contributed by atoms with E-state index in [1.54, 1.807) is 6.92 Å². The molecule has 2 N–H and O–H groups in total. The Kier molecular flexibility index (Phi) is 5.98. The van der Waals surface area contributed by atoms with Crippen LogP contribution in [-0.4, -0.2) is 43.5 Å². The van der Waals surface area contributed by atoms with Crippen molar-refractivity contribution >= 4 is 21.7 Å². The molecule has 0 saturated heterocycles. The van der Waals surface area contributed by atoms with Crippen molar-refractivity contribution in [3.63, 3.8) is 0 Å². The lowest BCUT2D eigenvalue weighted by Crippen LogP contribution is -2.37. The molecule has 3 atom stereocenters. The highest BCUT2D eigenvalue weighted by atomic mass is 32.2. The summed E-state index contributed by atoms with van der Waals surface area (Å²) in [5.74, 6) is -2.27. The predicted octanol–water partition coefficient (Wildman–Crippen LogP) is 0.674. The minimum absolute atomic E-state index is 0.0436. The van der Waals surface area contributed by atoms with E-state index in [2.05, 4.69) is 5.32 Å². The van der Waals surface area contributed by atoms with Gasteiger partial charge in [0.1, 0.15) is 0 Å². The van der Waals surface area contributed by atoms with Gasteiger partial charge in [0.2, 0.25) is 5.91 Å². The van der Waals surface area contributed by atoms with E-state index < -0.39 is 27.6 Å². The molecule has 0 aromatic carbocycles. The zero-order valence-electron chi connectivity index (χ0n) is 12.0. The summed E-state index contributed by atoms with van der Waals surface area (Å²) in [6.07, 6.45) is 1.95. The third-order valence-electron chi connectivity index (χ3n) is 4.04. The van der Waals surface area contributed by atoms with Crippen LogP contribution in [0.3, 0.4) is 0 Å². The van der Waals surface area contributed by atoms with E-state index in [-0.39, 0.29) is 29.9 Å². The van der Waals surface area contributed by atoms with Crippen molar-refractivity contribution in [1.29, 1.82) is 0 Å². The van der Waals surface area contributed by atoms with E-state index in [0.29, 0.717) is 12.8 Å². The molecule has 1 rings (SSSR count). The number of hydrogen-bond donors (Lipinski definition) is 2. The molecule has 0 aromatic heterocycles. The minimum atomic E-state index is -3.12. The smallest absolute Gasteiger partial charge is 0.307 e. The Balaban J connectivity index is 2.55. The highest BCUT2D eigenvalue weighted by Gasteiger charge is 2.41. The predicted molar refractivity (Wildman–Crippen MR) is 75.0 cm³/mol. The molecular formula is C13H23NO5S. The first-order chi connectivity index (χ1) is 9.30. The van der Waals surface area contributed by atoms with Gasteiger partial charge in [0.25, 0.3) is 0 Å². The Morgan fingerprint density at radius 2 is 1.80 bits per heavy atom. The number of carboxylic acid groups (broad SMARTS) is 1. The Hall–Kier alpha value is -1.11. The summed E-state index contributed by atoms with van der Waals surface area (Å²) >= 11 is 0. The second-order valence-corrected chi connectivity index (χ2v) is 7.80. The molecule has 0 aliphatic heterocycles. The second kappa shape index (κ2) is 7.06. The van der Waals surface area contributed by atoms with Gasteiger partial charge in [-0.2, -0.15) is 0 Å². The van der Waals surface area contributed by atoms with Gasteiger partial charge in [-0.25, -0.2) is 8.42 Å². The fourth-order valence-corrected chi connectivity index (χ4v) is 3.35. The maximum atomic E-state index is 12.0. The van der Waals surface area contributed by atoms with Crippen LogP contribution >= 0.6 is 0 Å². The van der Waals surface area contributed by atoms with Crippen molar-refractivity contribution in [2.75, 3.05) is 18.1 Å². The molecule has 1 aliphatic carbocycles. The SMILES string of the molecule is CCC1C[C@H](C(=O)NCCS(=O)(=O)CC)[C@H](C(=O)O)C1. The van der Waals surface area contributed by atoms with Crippen molar-refractivity contribution in [1.82, 2.24) is 5.32 Å². The Morgan fingerprint density at radius 3 is 2.30 bits per heavy atom. The first-order valence-electron chi connectivity index (χ1n) is 7.01. The van der Waals surface area contributed by atoms with E-state index in [1.165, 1.54) is 0 Å². The van der Waals surface area contributed by atoms with Gasteiger partial charge in [-0.05, 0) is 18.8 Å². The monoisotopic (exact) mass is 305 g/mol. The highest BCUT2D eigenvalue weighted by Crippen LogP contribution is 2.38. The first-order valence-corrected chi connectivity index (χ1v) is 8.83. The molecule has 0 aromatic rings. The second-order valence-electron chi connectivity index (χ2n) is 5.32. The van der Waals surface area contributed by atoms with Crippen LogP contribution < -0.4 is 5.32 Å². The molecule has 1 saturated carbocycles. The summed E-state index contributed by atoms with van der Waals surface area (Å²) in [6.45, 7) is 3.59. The van der Waals surface area contributed by atoms with E-state index in [1.807, 2.05) is 6.92 Å². The average Bonchev–Trinajstić information content (AvgIpc) is 2.83. The summed E-state index contributed by atoms with van der Waals surface area (Å²) < 4.78 is 22.7. The van der Waals surface area contributed by atoms with Crippen LogP contribution in [0.1, 0.15) is 33.1 Å². The molecule has 1 unspecified atom stereocenters. The van der Waals surface area contributed by atoms with Crippen LogP contribution in [0.25, 0.3) is 0 Å². The van der Waals surface area contributed by atoms with Gasteiger partial charge in [-0.3, -0.25) is 9.59 Å². The maximum Gasteiger partial charge on any atom is 0.307 e. The third-order valence-corrected chi connectivity index (χ3v) is 5.75. The number of nitrogens with one attached hydrogen (secondary N) is 1. The van der Waals surface area contributed by atoms with Gasteiger partial charge >= 0.3 is 5.97 Å². The normalized spacial score (nSPS) is 26.4. The fraction of sp³-hybridized carbons (Fsp3) is 0.846. The van der Waals surface area contributed by atoms with Crippen molar-refractivity contribution in [3.8, 4) is 0 Å². The molecule has 0 spiro atoms. The Bertz CT molecular complexity index is 459. The van der Waals surface area contributed by atoms with Crippen molar-refractivity contribution in [2.45, 2.75) is 33.1 Å². The summed E-state index contributed by atoms with van der Waals surface area (Å²) in [7, 11) is -3.12. The number of carbonyl (C=O) groups excluding carboxylic acids is 1. The van der Waals surface area contributed by atoms with Crippen LogP contribution in [0.15, 0.2) is 0 Å². The van der Waals surface area contributed by atoms with E-state index in [0.717, 1.165) is 6.42 Å². The number of amides is 1. The van der Waals surface area contributed by atoms with Crippen LogP contribution in [-0.2, 0) is 19.4 Å². The van der Waals surface area contributed by atoms with Gasteiger partial charge in [-0.1, -0.05) is 20.3 Å². The summed E-state index contributed by atoms with van der Waals surface area (Å²) in [6, 6.07) is 0. The average molecular weight is 305 g/mol. The molecule has 1 fully saturated rings. The lowest BCUT2D eigenvalue weighted by Gasteiger charge is -2.15. The maximum absolute atomic E-state index is 12.0. The zero-order valence-corrected chi connectivity index (χ0v) is 12.8. The van der Waals surface area contributed by atoms with Crippen molar-refractivity contribution in [3.05, 3.63) is 0 Å². The lowest BCUT2D eigenvalue weighted by atomic mass is 9.95. The first kappa shape index (κ1) is 16.9. The quantitative estimate of drug-likeness (QED) is 0.720. The van der Waals surface area contributed by atoms with Gasteiger partial charge in [-0.15, -0.1) is 0 Å². The number of sulfone groups is 1. The number of carbonyl (C=O) groups is 2. The molecule has 0 bridgehead atoms. The molecule has 0 radical (unpaired) electrons. The number of carboxylic acids is 1. The van der Waals surface area contributed by atoms with Crippen LogP contribution in [0, 0.1) is 17.8 Å². The van der Waals surface area contributed by atoms with Crippen molar-refractivity contribution in [2.24, 2.45) is 17.8 Å². The van der Waals surface area contributed by atoms with Gasteiger partial charge < -0.3 is 10.4 Å². The summed E-state index contributed by atoms with van der Waals surface area (Å²) in [5, 5.41) is 11.7. The number of hydrogen-bond acceptors (Lipinski definition) is 4. The summed E-state index contributed by atoms with van der Waals surface area (Å²) in [5.41, 5.74) is 0. The topological polar surface area (TPSA) is 101 Å². The lowest BCUT2D eigenvalue weighted by molar-refractivity contribution is -0.146. The van der Waals surface area contributed by atoms with Gasteiger partial charge in [0, 0.05) is 12.3 Å². The Labute approximate surface area is 119 Å². The molecule has 6 nitrogen and oxygen atoms in total. The molecule has 7 heteroatoms. The third kappa shape index (κ3) is 4.47. The standard InChI is InChI=1S/C13H23NO5S/c1-3-9-7-10(11(8-9)13(16)17)12(15)14-5-6-20(18,19)4-2/h9-11H,3-8H2,1-2H3,(H,14,15)(H,16,17)/t9?,10-,11+/m0/s1. The molecule has 20 heavy (non-hydrogen) atoms. The van der Waals surface area contributed by atoms with E-state index in [4.69, 9.17) is 5.11 Å². The van der Waals surface area contributed by atoms with Crippen molar-refractivity contribution < 1.29 is 23.1 Å². The largest absolute Gasteiger partial charge is 0.481 e. The van der Waals surface area contributed by atoms with Gasteiger partial charge in [0.05, 0.1) is 17.6 Å². The number of aliphatic carboxylic acids is 1.